The molecular formula is C51H39F2N5. The molecule has 0 fully saturated rings. The molecule has 5 aromatic carbocycles. The van der Waals surface area contributed by atoms with Gasteiger partial charge >= 0.3 is 0 Å². The van der Waals surface area contributed by atoms with Crippen LogP contribution in [0, 0.1) is 11.6 Å². The second-order valence-corrected chi connectivity index (χ2v) is 14.2. The fraction of sp³-hybridized carbons (Fsp3) is 0.0588. The van der Waals surface area contributed by atoms with E-state index in [2.05, 4.69) is 76.7 Å². The number of pyridine rings is 2. The number of hydrogen-bond donors (Lipinski definition) is 0. The van der Waals surface area contributed by atoms with Crippen LogP contribution in [0.3, 0.4) is 0 Å². The molecule has 282 valence electrons. The lowest BCUT2D eigenvalue weighted by Gasteiger charge is -2.29. The summed E-state index contributed by atoms with van der Waals surface area (Å²) in [6.45, 7) is 0. The lowest BCUT2D eigenvalue weighted by molar-refractivity contribution is 0.628. The van der Waals surface area contributed by atoms with Crippen molar-refractivity contribution in [2.45, 2.75) is 12.3 Å². The Morgan fingerprint density at radius 1 is 0.534 bits per heavy atom. The molecule has 9 rings (SSSR count). The maximum absolute atomic E-state index is 16.3. The minimum atomic E-state index is -0.397. The van der Waals surface area contributed by atoms with E-state index in [0.29, 0.717) is 33.9 Å². The van der Waals surface area contributed by atoms with Crippen molar-refractivity contribution in [2.75, 3.05) is 9.80 Å². The molecular weight excluding hydrogens is 721 g/mol. The molecule has 0 saturated heterocycles. The van der Waals surface area contributed by atoms with Crippen LogP contribution in [-0.2, 0) is 7.05 Å². The molecule has 0 N–H and O–H groups in total. The van der Waals surface area contributed by atoms with Gasteiger partial charge in [-0.1, -0.05) is 84.9 Å². The first-order valence-electron chi connectivity index (χ1n) is 19.3. The van der Waals surface area contributed by atoms with Gasteiger partial charge in [0.25, 0.3) is 0 Å². The minimum absolute atomic E-state index is 0.269. The molecule has 5 nitrogen and oxygen atoms in total. The number of benzene rings is 5. The molecule has 0 saturated carbocycles. The molecule has 1 unspecified atom stereocenters. The highest BCUT2D eigenvalue weighted by Crippen LogP contribution is 2.40. The smallest absolute Gasteiger partial charge is 0.134 e. The van der Waals surface area contributed by atoms with Crippen molar-refractivity contribution in [1.82, 2.24) is 14.5 Å². The lowest BCUT2D eigenvalue weighted by Crippen LogP contribution is -2.17. The van der Waals surface area contributed by atoms with Crippen LogP contribution in [0.2, 0.25) is 0 Å². The fourth-order valence-electron chi connectivity index (χ4n) is 7.78. The van der Waals surface area contributed by atoms with E-state index in [1.807, 2.05) is 106 Å². The molecule has 0 amide bonds. The summed E-state index contributed by atoms with van der Waals surface area (Å²) in [6.07, 6.45) is 14.3. The van der Waals surface area contributed by atoms with Crippen molar-refractivity contribution in [1.29, 1.82) is 0 Å². The highest BCUT2D eigenvalue weighted by atomic mass is 19.1. The van der Waals surface area contributed by atoms with Gasteiger partial charge in [0.2, 0.25) is 0 Å². The Morgan fingerprint density at radius 3 is 1.60 bits per heavy atom. The first-order valence-corrected chi connectivity index (χ1v) is 19.3. The summed E-state index contributed by atoms with van der Waals surface area (Å²) in [4.78, 5) is 12.7. The average molecular weight is 760 g/mol. The van der Waals surface area contributed by atoms with Gasteiger partial charge in [-0.2, -0.15) is 0 Å². The molecule has 58 heavy (non-hydrogen) atoms. The fourth-order valence-corrected chi connectivity index (χ4v) is 7.78. The zero-order valence-electron chi connectivity index (χ0n) is 31.8. The summed E-state index contributed by atoms with van der Waals surface area (Å²) in [7, 11) is 1.84. The molecule has 0 aliphatic heterocycles. The molecule has 7 heteroatoms. The zero-order chi connectivity index (χ0) is 39.4. The topological polar surface area (TPSA) is 37.2 Å². The quantitative estimate of drug-likeness (QED) is 0.139. The summed E-state index contributed by atoms with van der Waals surface area (Å²) >= 11 is 0. The Balaban J connectivity index is 1.01. The molecule has 1 atom stereocenters. The zero-order valence-corrected chi connectivity index (χ0v) is 31.8. The number of allylic oxidation sites excluding steroid dienone is 3. The van der Waals surface area contributed by atoms with Crippen molar-refractivity contribution in [3.63, 3.8) is 0 Å². The number of nitrogens with zero attached hydrogens (tertiary/aromatic N) is 5. The van der Waals surface area contributed by atoms with E-state index in [-0.39, 0.29) is 11.7 Å². The number of anilines is 5. The van der Waals surface area contributed by atoms with Crippen LogP contribution in [0.5, 0.6) is 0 Å². The van der Waals surface area contributed by atoms with Gasteiger partial charge in [0, 0.05) is 59.2 Å². The van der Waals surface area contributed by atoms with Crippen LogP contribution in [0.15, 0.2) is 206 Å². The van der Waals surface area contributed by atoms with Crippen LogP contribution >= 0.6 is 0 Å². The first kappa shape index (κ1) is 36.3. The first-order chi connectivity index (χ1) is 28.5. The predicted octanol–water partition coefficient (Wildman–Crippen LogP) is 13.3. The Morgan fingerprint density at radius 2 is 1.07 bits per heavy atom. The lowest BCUT2D eigenvalue weighted by atomic mass is 9.91. The third-order valence-electron chi connectivity index (χ3n) is 10.7. The van der Waals surface area contributed by atoms with E-state index < -0.39 is 5.82 Å². The maximum Gasteiger partial charge on any atom is 0.134 e. The van der Waals surface area contributed by atoms with Crippen LogP contribution in [0.25, 0.3) is 33.6 Å². The summed E-state index contributed by atoms with van der Waals surface area (Å²) in [6, 6.07) is 50.7. The van der Waals surface area contributed by atoms with Gasteiger partial charge in [-0.25, -0.2) is 8.78 Å². The number of rotatable bonds is 10. The minimum Gasteiger partial charge on any atom is -0.343 e. The molecule has 0 spiro atoms. The SMILES string of the molecule is Cn1c(-c2ccc(N(C3=CCC(c4ccccc4)C=C3)c3cccnc3)cc2F)ccc1-c1ccc(N(c2ccc(-c3ccccc3)cc2)c2cccnc2)cc1F. The summed E-state index contributed by atoms with van der Waals surface area (Å²) in [5.41, 5.74) is 10.3. The van der Waals surface area contributed by atoms with Gasteiger partial charge in [0.1, 0.15) is 11.6 Å². The normalized spacial score (nSPS) is 13.6. The average Bonchev–Trinajstić information content (AvgIpc) is 3.66. The standard InChI is InChI=1S/C51H39F2N5/c1-56-50(46-26-24-42(32-48(46)52)57(44-14-8-30-54-34-44)40-20-16-38(17-21-40)36-10-4-2-5-11-36)28-29-51(56)47-27-25-43(33-49(47)53)58(45-15-9-31-55-35-45)41-22-18-39(19-23-41)37-12-6-3-7-13-37/h2-18,20-35,39H,19H2,1H3. The van der Waals surface area contributed by atoms with Crippen molar-refractivity contribution >= 4 is 28.4 Å². The number of hydrogen-bond acceptors (Lipinski definition) is 4. The molecule has 3 heterocycles. The van der Waals surface area contributed by atoms with E-state index >= 15 is 8.78 Å². The summed E-state index contributed by atoms with van der Waals surface area (Å²) in [5.74, 6) is -0.515. The van der Waals surface area contributed by atoms with Gasteiger partial charge in [-0.3, -0.25) is 9.97 Å². The predicted molar refractivity (Wildman–Crippen MR) is 232 cm³/mol. The van der Waals surface area contributed by atoms with Crippen LogP contribution < -0.4 is 9.80 Å². The molecule has 8 aromatic rings. The van der Waals surface area contributed by atoms with Crippen LogP contribution in [-0.4, -0.2) is 14.5 Å². The molecule has 3 aromatic heterocycles. The molecule has 0 bridgehead atoms. The van der Waals surface area contributed by atoms with Gasteiger partial charge in [0.15, 0.2) is 0 Å². The molecule has 1 aliphatic carbocycles. The second kappa shape index (κ2) is 16.0. The largest absolute Gasteiger partial charge is 0.343 e. The third kappa shape index (κ3) is 7.21. The van der Waals surface area contributed by atoms with Crippen molar-refractivity contribution in [3.05, 3.63) is 224 Å². The van der Waals surface area contributed by atoms with E-state index in [1.165, 1.54) is 5.56 Å². The van der Waals surface area contributed by atoms with Crippen molar-refractivity contribution in [3.8, 4) is 33.6 Å². The van der Waals surface area contributed by atoms with Crippen LogP contribution in [0.1, 0.15) is 17.9 Å². The highest BCUT2D eigenvalue weighted by molar-refractivity contribution is 5.80. The van der Waals surface area contributed by atoms with Gasteiger partial charge in [-0.15, -0.1) is 0 Å². The Labute approximate surface area is 337 Å². The third-order valence-corrected chi connectivity index (χ3v) is 10.7. The van der Waals surface area contributed by atoms with E-state index in [4.69, 9.17) is 0 Å². The van der Waals surface area contributed by atoms with Crippen molar-refractivity contribution in [2.24, 2.45) is 7.05 Å². The Bertz CT molecular complexity index is 2730. The van der Waals surface area contributed by atoms with E-state index in [0.717, 1.165) is 40.3 Å². The Kier molecular flexibility index (Phi) is 10.0. The van der Waals surface area contributed by atoms with Gasteiger partial charge in [-0.05, 0) is 114 Å². The molecule has 1 aliphatic rings. The summed E-state index contributed by atoms with van der Waals surface area (Å²) < 4.78 is 34.5. The monoisotopic (exact) mass is 759 g/mol. The van der Waals surface area contributed by atoms with E-state index in [1.54, 1.807) is 49.1 Å². The maximum atomic E-state index is 16.3. The van der Waals surface area contributed by atoms with E-state index in [9.17, 15) is 0 Å². The van der Waals surface area contributed by atoms with Crippen molar-refractivity contribution < 1.29 is 8.78 Å². The number of aromatic nitrogens is 3. The second-order valence-electron chi connectivity index (χ2n) is 14.2. The number of halogens is 2. The van der Waals surface area contributed by atoms with Crippen LogP contribution in [0.4, 0.5) is 37.2 Å². The van der Waals surface area contributed by atoms with Gasteiger partial charge < -0.3 is 14.4 Å². The Hall–Kier alpha value is -7.38. The van der Waals surface area contributed by atoms with Gasteiger partial charge in [0.05, 0.1) is 35.2 Å². The molecule has 0 radical (unpaired) electrons. The highest BCUT2D eigenvalue weighted by Gasteiger charge is 2.22. The summed E-state index contributed by atoms with van der Waals surface area (Å²) in [5, 5.41) is 0.